The van der Waals surface area contributed by atoms with Gasteiger partial charge in [-0.3, -0.25) is 9.59 Å². The van der Waals surface area contributed by atoms with Gasteiger partial charge in [0, 0.05) is 20.1 Å². The van der Waals surface area contributed by atoms with E-state index in [2.05, 4.69) is 10.9 Å². The summed E-state index contributed by atoms with van der Waals surface area (Å²) in [7, 11) is 0. The van der Waals surface area contributed by atoms with Gasteiger partial charge >= 0.3 is 0 Å². The molecule has 32 heavy (non-hydrogen) atoms. The Balaban J connectivity index is 1.51. The highest BCUT2D eigenvalue weighted by molar-refractivity contribution is 6.06. The van der Waals surface area contributed by atoms with Gasteiger partial charge in [-0.15, -0.1) is 0 Å². The highest BCUT2D eigenvalue weighted by Crippen LogP contribution is 2.40. The highest BCUT2D eigenvalue weighted by Gasteiger charge is 2.37. The monoisotopic (exact) mass is 436 g/mol. The third kappa shape index (κ3) is 3.80. The minimum Gasteiger partial charge on any atom is -0.368 e. The molecule has 2 aromatic rings. The van der Waals surface area contributed by atoms with Gasteiger partial charge in [0.15, 0.2) is 0 Å². The molecule has 2 aromatic carbocycles. The summed E-state index contributed by atoms with van der Waals surface area (Å²) in [5.74, 6) is -0.0546. The molecule has 3 heterocycles. The smallest absolute Gasteiger partial charge is 0.256 e. The van der Waals surface area contributed by atoms with Gasteiger partial charge in [-0.05, 0) is 48.6 Å². The van der Waals surface area contributed by atoms with Gasteiger partial charge < -0.3 is 19.3 Å². The summed E-state index contributed by atoms with van der Waals surface area (Å²) in [4.78, 5) is 29.3. The van der Waals surface area contributed by atoms with E-state index in [-0.39, 0.29) is 24.1 Å². The van der Waals surface area contributed by atoms with Gasteiger partial charge in [0.2, 0.25) is 5.91 Å². The molecular weight excluding hydrogens is 408 g/mol. The number of hydrogen-bond donors (Lipinski definition) is 2. The van der Waals surface area contributed by atoms with E-state index in [1.807, 2.05) is 49.4 Å². The largest absolute Gasteiger partial charge is 0.368 e. The van der Waals surface area contributed by atoms with E-state index < -0.39 is 6.10 Å². The van der Waals surface area contributed by atoms with Gasteiger partial charge in [-0.1, -0.05) is 30.3 Å². The van der Waals surface area contributed by atoms with Crippen molar-refractivity contribution in [2.45, 2.75) is 45.1 Å². The number of hydrogen-bond acceptors (Lipinski definition) is 6. The van der Waals surface area contributed by atoms with Crippen molar-refractivity contribution in [3.8, 4) is 11.1 Å². The van der Waals surface area contributed by atoms with E-state index in [4.69, 9.17) is 9.47 Å². The first kappa shape index (κ1) is 21.1. The van der Waals surface area contributed by atoms with Gasteiger partial charge in [0.25, 0.3) is 5.91 Å². The van der Waals surface area contributed by atoms with Crippen LogP contribution in [0.15, 0.2) is 42.5 Å². The molecule has 8 heteroatoms. The SMILES string of the molecule is CC(=O)N1c2ccc(-c3ccc(C4NNCO4)cc3)cc2N(C(=O)C2CCCO2)CC1C. The molecule has 5 rings (SSSR count). The fraction of sp³-hybridized carbons (Fsp3) is 0.417. The second-order valence-electron chi connectivity index (χ2n) is 8.53. The molecule has 3 unspecified atom stereocenters. The van der Waals surface area contributed by atoms with Crippen molar-refractivity contribution in [3.63, 3.8) is 0 Å². The van der Waals surface area contributed by atoms with Crippen LogP contribution in [0.4, 0.5) is 11.4 Å². The zero-order valence-corrected chi connectivity index (χ0v) is 18.3. The summed E-state index contributed by atoms with van der Waals surface area (Å²) in [6.45, 7) is 5.08. The predicted octanol–water partition coefficient (Wildman–Crippen LogP) is 2.70. The summed E-state index contributed by atoms with van der Waals surface area (Å²) < 4.78 is 11.3. The average molecular weight is 437 g/mol. The standard InChI is InChI=1S/C24H28N4O4/c1-15-13-27(24(30)22-4-3-11-31-22)21-12-19(9-10-20(21)28(15)16(2)29)17-5-7-18(8-6-17)23-26-25-14-32-23/h5-10,12,15,22-23,25-26H,3-4,11,13-14H2,1-2H3. The van der Waals surface area contributed by atoms with Crippen LogP contribution in [0.2, 0.25) is 0 Å². The fourth-order valence-corrected chi connectivity index (χ4v) is 4.77. The first-order valence-corrected chi connectivity index (χ1v) is 11.1. The van der Waals surface area contributed by atoms with E-state index in [0.717, 1.165) is 40.9 Å². The van der Waals surface area contributed by atoms with Crippen LogP contribution in [0.3, 0.4) is 0 Å². The number of amides is 2. The Hall–Kier alpha value is -2.78. The Kier molecular flexibility index (Phi) is 5.69. The molecule has 0 bridgehead atoms. The van der Waals surface area contributed by atoms with Crippen LogP contribution in [0.25, 0.3) is 11.1 Å². The Labute approximate surface area is 187 Å². The van der Waals surface area contributed by atoms with E-state index in [0.29, 0.717) is 19.9 Å². The quantitative estimate of drug-likeness (QED) is 0.770. The molecule has 2 amide bonds. The van der Waals surface area contributed by atoms with Crippen LogP contribution < -0.4 is 20.7 Å². The van der Waals surface area contributed by atoms with Crippen molar-refractivity contribution in [2.24, 2.45) is 0 Å². The van der Waals surface area contributed by atoms with Crippen molar-refractivity contribution >= 4 is 23.2 Å². The zero-order chi connectivity index (χ0) is 22.2. The number of fused-ring (bicyclic) bond motifs is 1. The van der Waals surface area contributed by atoms with Crippen LogP contribution in [0.5, 0.6) is 0 Å². The molecule has 0 saturated carbocycles. The third-order valence-electron chi connectivity index (χ3n) is 6.33. The van der Waals surface area contributed by atoms with E-state index >= 15 is 0 Å². The Morgan fingerprint density at radius 3 is 2.47 bits per heavy atom. The number of carbonyl (C=O) groups is 2. The van der Waals surface area contributed by atoms with Crippen LogP contribution in [-0.2, 0) is 19.1 Å². The molecule has 3 aliphatic heterocycles. The second kappa shape index (κ2) is 8.63. The fourth-order valence-electron chi connectivity index (χ4n) is 4.77. The summed E-state index contributed by atoms with van der Waals surface area (Å²) >= 11 is 0. The lowest BCUT2D eigenvalue weighted by Crippen LogP contribution is -2.53. The molecule has 168 valence electrons. The molecule has 8 nitrogen and oxygen atoms in total. The van der Waals surface area contributed by atoms with Crippen LogP contribution in [0, 0.1) is 0 Å². The lowest BCUT2D eigenvalue weighted by molar-refractivity contribution is -0.127. The van der Waals surface area contributed by atoms with Crippen LogP contribution >= 0.6 is 0 Å². The number of hydrazine groups is 1. The van der Waals surface area contributed by atoms with Crippen molar-refractivity contribution in [1.29, 1.82) is 0 Å². The molecule has 3 atom stereocenters. The maximum atomic E-state index is 13.3. The van der Waals surface area contributed by atoms with E-state index in [9.17, 15) is 9.59 Å². The summed E-state index contributed by atoms with van der Waals surface area (Å²) in [6, 6.07) is 14.0. The molecule has 0 spiro atoms. The van der Waals surface area contributed by atoms with Crippen molar-refractivity contribution < 1.29 is 19.1 Å². The van der Waals surface area contributed by atoms with Crippen molar-refractivity contribution in [1.82, 2.24) is 10.9 Å². The number of nitrogens with one attached hydrogen (secondary N) is 2. The first-order chi connectivity index (χ1) is 15.5. The summed E-state index contributed by atoms with van der Waals surface area (Å²) in [5.41, 5.74) is 10.6. The molecule has 2 fully saturated rings. The Bertz CT molecular complexity index is 1010. The zero-order valence-electron chi connectivity index (χ0n) is 18.3. The van der Waals surface area contributed by atoms with Gasteiger partial charge in [0.1, 0.15) is 19.1 Å². The molecule has 2 saturated heterocycles. The van der Waals surface area contributed by atoms with Crippen molar-refractivity contribution in [3.05, 3.63) is 48.0 Å². The maximum Gasteiger partial charge on any atom is 0.256 e. The molecule has 2 N–H and O–H groups in total. The van der Waals surface area contributed by atoms with Gasteiger partial charge in [-0.25, -0.2) is 10.9 Å². The minimum absolute atomic E-state index is 0.0248. The molecule has 0 aliphatic carbocycles. The molecule has 3 aliphatic rings. The number of ether oxygens (including phenoxy) is 2. The van der Waals surface area contributed by atoms with E-state index in [1.54, 1.807) is 16.7 Å². The van der Waals surface area contributed by atoms with Gasteiger partial charge in [0.05, 0.1) is 17.4 Å². The molecule has 0 aromatic heterocycles. The number of anilines is 2. The number of benzene rings is 2. The lowest BCUT2D eigenvalue weighted by atomic mass is 9.99. The normalized spacial score (nSPS) is 25.1. The Morgan fingerprint density at radius 2 is 1.81 bits per heavy atom. The summed E-state index contributed by atoms with van der Waals surface area (Å²) in [6.07, 6.45) is 1.06. The minimum atomic E-state index is -0.408. The number of carbonyl (C=O) groups excluding carboxylic acids is 2. The molecular formula is C24H28N4O4. The highest BCUT2D eigenvalue weighted by atomic mass is 16.5. The van der Waals surface area contributed by atoms with Gasteiger partial charge in [-0.2, -0.15) is 0 Å². The van der Waals surface area contributed by atoms with Crippen LogP contribution in [0.1, 0.15) is 38.5 Å². The van der Waals surface area contributed by atoms with E-state index in [1.165, 1.54) is 0 Å². The second-order valence-corrected chi connectivity index (χ2v) is 8.53. The number of rotatable bonds is 3. The predicted molar refractivity (Wildman–Crippen MR) is 121 cm³/mol. The average Bonchev–Trinajstić information content (AvgIpc) is 3.52. The topological polar surface area (TPSA) is 83.1 Å². The maximum absolute atomic E-state index is 13.3. The van der Waals surface area contributed by atoms with Crippen molar-refractivity contribution in [2.75, 3.05) is 29.7 Å². The lowest BCUT2D eigenvalue weighted by Gasteiger charge is -2.41. The molecule has 0 radical (unpaired) electrons. The summed E-state index contributed by atoms with van der Waals surface area (Å²) in [5, 5.41) is 0. The first-order valence-electron chi connectivity index (χ1n) is 11.1. The Morgan fingerprint density at radius 1 is 1.03 bits per heavy atom. The van der Waals surface area contributed by atoms with Crippen LogP contribution in [-0.4, -0.2) is 43.8 Å². The third-order valence-corrected chi connectivity index (χ3v) is 6.33. The number of nitrogens with zero attached hydrogens (tertiary/aromatic N) is 2.